The first-order chi connectivity index (χ1) is 11.7. The van der Waals surface area contributed by atoms with E-state index in [0.29, 0.717) is 37.5 Å². The highest BCUT2D eigenvalue weighted by molar-refractivity contribution is 7.09. The van der Waals surface area contributed by atoms with Gasteiger partial charge in [0.25, 0.3) is 5.91 Å². The number of benzene rings is 1. The summed E-state index contributed by atoms with van der Waals surface area (Å²) in [6.45, 7) is 1.80. The molecule has 1 saturated heterocycles. The van der Waals surface area contributed by atoms with Crippen LogP contribution in [0.3, 0.4) is 0 Å². The van der Waals surface area contributed by atoms with Crippen LogP contribution in [-0.2, 0) is 6.42 Å². The highest BCUT2D eigenvalue weighted by Crippen LogP contribution is 2.21. The second kappa shape index (κ2) is 9.12. The van der Waals surface area contributed by atoms with E-state index in [2.05, 4.69) is 4.98 Å². The second-order valence-corrected chi connectivity index (χ2v) is 6.67. The zero-order valence-electron chi connectivity index (χ0n) is 13.7. The van der Waals surface area contributed by atoms with Crippen LogP contribution in [0.25, 0.3) is 0 Å². The van der Waals surface area contributed by atoms with Gasteiger partial charge < -0.3 is 15.4 Å². The Hall–Kier alpha value is -1.70. The third kappa shape index (κ3) is 5.14. The Morgan fingerprint density at radius 3 is 2.64 bits per heavy atom. The molecule has 0 radical (unpaired) electrons. The minimum Gasteiger partial charge on any atom is -0.490 e. The van der Waals surface area contributed by atoms with Crippen LogP contribution in [0.1, 0.15) is 28.3 Å². The van der Waals surface area contributed by atoms with Crippen LogP contribution in [-0.4, -0.2) is 41.5 Å². The summed E-state index contributed by atoms with van der Waals surface area (Å²) in [6, 6.07) is 6.02. The minimum atomic E-state index is -0.278. The number of aromatic nitrogens is 1. The molecular formula is C17H21ClFN3O2S. The van der Waals surface area contributed by atoms with E-state index in [-0.39, 0.29) is 30.2 Å². The van der Waals surface area contributed by atoms with E-state index in [4.69, 9.17) is 10.5 Å². The van der Waals surface area contributed by atoms with Crippen molar-refractivity contribution < 1.29 is 13.9 Å². The number of carbonyl (C=O) groups is 1. The van der Waals surface area contributed by atoms with Crippen LogP contribution < -0.4 is 10.5 Å². The summed E-state index contributed by atoms with van der Waals surface area (Å²) in [5.74, 6) is 0.349. The van der Waals surface area contributed by atoms with Gasteiger partial charge in [0.1, 0.15) is 23.4 Å². The van der Waals surface area contributed by atoms with Gasteiger partial charge in [-0.25, -0.2) is 9.37 Å². The number of thiazole rings is 1. The molecule has 0 bridgehead atoms. The predicted molar refractivity (Wildman–Crippen MR) is 98.1 cm³/mol. The molecule has 0 spiro atoms. The Kier molecular flexibility index (Phi) is 7.16. The SMILES string of the molecule is Cl.NCCc1nc(C(=O)N2CCC(Oc3ccc(F)cc3)CC2)cs1. The third-order valence-electron chi connectivity index (χ3n) is 3.97. The molecule has 1 amide bonds. The Morgan fingerprint density at radius 2 is 2.00 bits per heavy atom. The van der Waals surface area contributed by atoms with Gasteiger partial charge in [-0.3, -0.25) is 4.79 Å². The Labute approximate surface area is 156 Å². The lowest BCUT2D eigenvalue weighted by atomic mass is 10.1. The van der Waals surface area contributed by atoms with Gasteiger partial charge in [0, 0.05) is 37.7 Å². The normalized spacial score (nSPS) is 14.9. The van der Waals surface area contributed by atoms with Gasteiger partial charge in [-0.2, -0.15) is 0 Å². The second-order valence-electron chi connectivity index (χ2n) is 5.73. The van der Waals surface area contributed by atoms with Crippen LogP contribution in [0.15, 0.2) is 29.6 Å². The third-order valence-corrected chi connectivity index (χ3v) is 4.88. The molecular weight excluding hydrogens is 365 g/mol. The highest BCUT2D eigenvalue weighted by atomic mass is 35.5. The van der Waals surface area contributed by atoms with E-state index >= 15 is 0 Å². The molecule has 0 atom stereocenters. The molecule has 0 unspecified atom stereocenters. The van der Waals surface area contributed by atoms with Gasteiger partial charge in [-0.05, 0) is 30.8 Å². The molecule has 1 aromatic heterocycles. The van der Waals surface area contributed by atoms with Crippen LogP contribution >= 0.6 is 23.7 Å². The standard InChI is InChI=1S/C17H20FN3O2S.ClH/c18-12-1-3-13(4-2-12)23-14-6-9-21(10-7-14)17(22)15-11-24-16(20-15)5-8-19;/h1-4,11,14H,5-10,19H2;1H. The molecule has 3 rings (SSSR count). The fourth-order valence-electron chi connectivity index (χ4n) is 2.69. The number of carbonyl (C=O) groups excluding carboxylic acids is 1. The quantitative estimate of drug-likeness (QED) is 0.859. The summed E-state index contributed by atoms with van der Waals surface area (Å²) < 4.78 is 18.8. The van der Waals surface area contributed by atoms with Crippen molar-refractivity contribution in [3.8, 4) is 5.75 Å². The van der Waals surface area contributed by atoms with E-state index in [1.165, 1.54) is 23.5 Å². The number of nitrogens with zero attached hydrogens (tertiary/aromatic N) is 2. The maximum absolute atomic E-state index is 12.9. The van der Waals surface area contributed by atoms with Gasteiger partial charge in [-0.15, -0.1) is 23.7 Å². The predicted octanol–water partition coefficient (Wildman–Crippen LogP) is 2.89. The number of likely N-dealkylation sites (tertiary alicyclic amines) is 1. The van der Waals surface area contributed by atoms with Crippen molar-refractivity contribution in [2.45, 2.75) is 25.4 Å². The molecule has 8 heteroatoms. The number of halogens is 2. The summed E-state index contributed by atoms with van der Waals surface area (Å²) in [6.07, 6.45) is 2.25. The van der Waals surface area contributed by atoms with E-state index in [0.717, 1.165) is 17.8 Å². The van der Waals surface area contributed by atoms with Crippen LogP contribution in [0.5, 0.6) is 5.75 Å². The number of rotatable bonds is 5. The number of hydrogen-bond acceptors (Lipinski definition) is 5. The maximum atomic E-state index is 12.9. The smallest absolute Gasteiger partial charge is 0.273 e. The number of hydrogen-bond donors (Lipinski definition) is 1. The maximum Gasteiger partial charge on any atom is 0.273 e. The molecule has 136 valence electrons. The van der Waals surface area contributed by atoms with E-state index in [9.17, 15) is 9.18 Å². The van der Waals surface area contributed by atoms with Gasteiger partial charge in [0.05, 0.1) is 5.01 Å². The minimum absolute atomic E-state index is 0. The summed E-state index contributed by atoms with van der Waals surface area (Å²) >= 11 is 1.48. The lowest BCUT2D eigenvalue weighted by Gasteiger charge is -2.31. The first-order valence-electron chi connectivity index (χ1n) is 8.01. The molecule has 0 aliphatic carbocycles. The molecule has 1 fully saturated rings. The summed E-state index contributed by atoms with van der Waals surface area (Å²) in [4.78, 5) is 18.6. The van der Waals surface area contributed by atoms with Crippen LogP contribution in [0, 0.1) is 5.82 Å². The van der Waals surface area contributed by atoms with Crippen LogP contribution in [0.2, 0.25) is 0 Å². The van der Waals surface area contributed by atoms with Crippen molar-refractivity contribution in [1.82, 2.24) is 9.88 Å². The largest absolute Gasteiger partial charge is 0.490 e. The van der Waals surface area contributed by atoms with Crippen molar-refractivity contribution in [2.24, 2.45) is 5.73 Å². The molecule has 2 heterocycles. The molecule has 1 aromatic carbocycles. The van der Waals surface area contributed by atoms with Crippen LogP contribution in [0.4, 0.5) is 4.39 Å². The van der Waals surface area contributed by atoms with Gasteiger partial charge in [-0.1, -0.05) is 0 Å². The number of piperidine rings is 1. The van der Waals surface area contributed by atoms with E-state index in [1.54, 1.807) is 17.5 Å². The Bertz CT molecular complexity index is 687. The summed E-state index contributed by atoms with van der Waals surface area (Å²) in [5.41, 5.74) is 6.01. The van der Waals surface area contributed by atoms with Gasteiger partial charge in [0.2, 0.25) is 0 Å². The lowest BCUT2D eigenvalue weighted by Crippen LogP contribution is -2.41. The summed E-state index contributed by atoms with van der Waals surface area (Å²) in [7, 11) is 0. The fourth-order valence-corrected chi connectivity index (χ4v) is 3.48. The van der Waals surface area contributed by atoms with Crippen molar-refractivity contribution in [3.05, 3.63) is 46.2 Å². The molecule has 1 aliphatic heterocycles. The topological polar surface area (TPSA) is 68.5 Å². The molecule has 25 heavy (non-hydrogen) atoms. The Morgan fingerprint density at radius 1 is 1.32 bits per heavy atom. The first-order valence-corrected chi connectivity index (χ1v) is 8.89. The number of ether oxygens (including phenoxy) is 1. The van der Waals surface area contributed by atoms with Crippen molar-refractivity contribution in [3.63, 3.8) is 0 Å². The lowest BCUT2D eigenvalue weighted by molar-refractivity contribution is 0.0590. The van der Waals surface area contributed by atoms with E-state index < -0.39 is 0 Å². The molecule has 5 nitrogen and oxygen atoms in total. The van der Waals surface area contributed by atoms with Crippen molar-refractivity contribution in [2.75, 3.05) is 19.6 Å². The zero-order chi connectivity index (χ0) is 16.9. The molecule has 2 aromatic rings. The molecule has 2 N–H and O–H groups in total. The summed E-state index contributed by atoms with van der Waals surface area (Å²) in [5, 5.41) is 2.70. The monoisotopic (exact) mass is 385 g/mol. The average Bonchev–Trinajstić information content (AvgIpc) is 3.06. The highest BCUT2D eigenvalue weighted by Gasteiger charge is 2.26. The van der Waals surface area contributed by atoms with Crippen molar-refractivity contribution >= 4 is 29.7 Å². The average molecular weight is 386 g/mol. The Balaban J connectivity index is 0.00000225. The zero-order valence-corrected chi connectivity index (χ0v) is 15.3. The number of nitrogens with two attached hydrogens (primary N) is 1. The van der Waals surface area contributed by atoms with E-state index in [1.807, 2.05) is 4.90 Å². The van der Waals surface area contributed by atoms with Gasteiger partial charge in [0.15, 0.2) is 0 Å². The fraction of sp³-hybridized carbons (Fsp3) is 0.412. The molecule has 0 saturated carbocycles. The van der Waals surface area contributed by atoms with Gasteiger partial charge >= 0.3 is 0 Å². The van der Waals surface area contributed by atoms with Crippen molar-refractivity contribution in [1.29, 1.82) is 0 Å². The molecule has 1 aliphatic rings. The first kappa shape index (κ1) is 19.6. The number of amides is 1.